The third kappa shape index (κ3) is 5.33. The topological polar surface area (TPSA) is 89.5 Å². The molecular formula is C17H14BrF2NO5S. The molecule has 0 aliphatic rings. The van der Waals surface area contributed by atoms with E-state index in [2.05, 4.69) is 21.2 Å². The molecule has 0 atom stereocenters. The van der Waals surface area contributed by atoms with Crippen molar-refractivity contribution in [2.24, 2.45) is 0 Å². The molecule has 2 aromatic carbocycles. The molecule has 0 saturated heterocycles. The van der Waals surface area contributed by atoms with Gasteiger partial charge in [-0.2, -0.15) is 0 Å². The number of aryl methyl sites for hydroxylation is 1. The largest absolute Gasteiger partial charge is 0.452 e. The van der Waals surface area contributed by atoms with Gasteiger partial charge in [0.15, 0.2) is 22.3 Å². The minimum absolute atomic E-state index is 0.0140. The van der Waals surface area contributed by atoms with Gasteiger partial charge in [-0.05, 0) is 46.6 Å². The Balaban J connectivity index is 2.09. The molecule has 0 heterocycles. The van der Waals surface area contributed by atoms with Crippen LogP contribution in [0.25, 0.3) is 0 Å². The number of sulfone groups is 1. The number of amides is 1. The van der Waals surface area contributed by atoms with Gasteiger partial charge >= 0.3 is 5.97 Å². The normalized spacial score (nSPS) is 11.1. The summed E-state index contributed by atoms with van der Waals surface area (Å²) in [5.41, 5.74) is 0.146. The maximum atomic E-state index is 13.7. The highest BCUT2D eigenvalue weighted by Gasteiger charge is 2.18. The molecule has 10 heteroatoms. The zero-order valence-corrected chi connectivity index (χ0v) is 16.6. The summed E-state index contributed by atoms with van der Waals surface area (Å²) in [5.74, 6) is -3.60. The summed E-state index contributed by atoms with van der Waals surface area (Å²) in [6, 6.07) is 5.50. The Labute approximate surface area is 162 Å². The van der Waals surface area contributed by atoms with Crippen LogP contribution in [0.4, 0.5) is 14.5 Å². The van der Waals surface area contributed by atoms with E-state index in [1.54, 1.807) is 6.92 Å². The number of carbonyl (C=O) groups is 2. The number of nitrogens with one attached hydrogen (secondary N) is 1. The van der Waals surface area contributed by atoms with Crippen LogP contribution in [0.15, 0.2) is 39.7 Å². The van der Waals surface area contributed by atoms with Crippen LogP contribution >= 0.6 is 15.9 Å². The third-order valence-corrected chi connectivity index (χ3v) is 5.20. The van der Waals surface area contributed by atoms with E-state index in [0.717, 1.165) is 18.4 Å². The first-order valence-electron chi connectivity index (χ1n) is 7.41. The monoisotopic (exact) mass is 461 g/mol. The Morgan fingerprint density at radius 2 is 1.85 bits per heavy atom. The van der Waals surface area contributed by atoms with Gasteiger partial charge in [-0.3, -0.25) is 4.79 Å². The maximum Gasteiger partial charge on any atom is 0.338 e. The minimum atomic E-state index is -3.53. The molecule has 0 bridgehead atoms. The van der Waals surface area contributed by atoms with Crippen molar-refractivity contribution in [2.45, 2.75) is 11.8 Å². The average molecular weight is 462 g/mol. The number of benzene rings is 2. The molecule has 0 aliphatic carbocycles. The Kier molecular flexibility index (Phi) is 6.32. The summed E-state index contributed by atoms with van der Waals surface area (Å²) in [5, 5.41) is 2.16. The Hall–Kier alpha value is -2.33. The Bertz CT molecular complexity index is 1000. The second kappa shape index (κ2) is 8.13. The van der Waals surface area contributed by atoms with Gasteiger partial charge in [0.2, 0.25) is 0 Å². The lowest BCUT2D eigenvalue weighted by atomic mass is 10.1. The first kappa shape index (κ1) is 21.0. The SMILES string of the molecule is Cc1ccc(S(C)(=O)=O)cc1C(=O)OCC(=O)Nc1c(F)cc(F)cc1Br. The van der Waals surface area contributed by atoms with E-state index in [0.29, 0.717) is 11.6 Å². The van der Waals surface area contributed by atoms with Crippen LogP contribution in [0.1, 0.15) is 15.9 Å². The lowest BCUT2D eigenvalue weighted by Crippen LogP contribution is -2.22. The van der Waals surface area contributed by atoms with Crippen LogP contribution < -0.4 is 5.32 Å². The number of anilines is 1. The molecule has 0 aromatic heterocycles. The van der Waals surface area contributed by atoms with Crippen molar-refractivity contribution in [2.75, 3.05) is 18.2 Å². The van der Waals surface area contributed by atoms with Crippen molar-refractivity contribution < 1.29 is 31.5 Å². The van der Waals surface area contributed by atoms with Crippen LogP contribution in [-0.2, 0) is 19.4 Å². The standard InChI is InChI=1S/C17H14BrF2NO5S/c1-9-3-4-11(27(2,24)25)7-12(9)17(23)26-8-15(22)21-16-13(18)5-10(19)6-14(16)20/h3-7H,8H2,1-2H3,(H,21,22). The highest BCUT2D eigenvalue weighted by atomic mass is 79.9. The molecule has 6 nitrogen and oxygen atoms in total. The van der Waals surface area contributed by atoms with Crippen molar-refractivity contribution in [3.05, 3.63) is 57.6 Å². The predicted molar refractivity (Wildman–Crippen MR) is 97.3 cm³/mol. The first-order chi connectivity index (χ1) is 12.5. The molecule has 0 radical (unpaired) electrons. The molecule has 0 aliphatic heterocycles. The van der Waals surface area contributed by atoms with Crippen LogP contribution in [-0.4, -0.2) is 33.2 Å². The minimum Gasteiger partial charge on any atom is -0.452 e. The second-order valence-electron chi connectivity index (χ2n) is 5.62. The van der Waals surface area contributed by atoms with Crippen LogP contribution in [0.2, 0.25) is 0 Å². The van der Waals surface area contributed by atoms with Gasteiger partial charge in [-0.1, -0.05) is 6.07 Å². The van der Waals surface area contributed by atoms with Crippen molar-refractivity contribution in [1.82, 2.24) is 0 Å². The van der Waals surface area contributed by atoms with E-state index in [1.807, 2.05) is 0 Å². The summed E-state index contributed by atoms with van der Waals surface area (Å²) in [7, 11) is -3.53. The molecule has 0 spiro atoms. The van der Waals surface area contributed by atoms with Crippen LogP contribution in [0.5, 0.6) is 0 Å². The number of hydrogen-bond donors (Lipinski definition) is 1. The summed E-state index contributed by atoms with van der Waals surface area (Å²) in [4.78, 5) is 24.0. The lowest BCUT2D eigenvalue weighted by molar-refractivity contribution is -0.119. The van der Waals surface area contributed by atoms with Gasteiger partial charge in [-0.25, -0.2) is 22.0 Å². The summed E-state index contributed by atoms with van der Waals surface area (Å²) in [6.07, 6.45) is 0.995. The van der Waals surface area contributed by atoms with Gasteiger partial charge in [0.1, 0.15) is 5.82 Å². The van der Waals surface area contributed by atoms with Crippen molar-refractivity contribution in [3.8, 4) is 0 Å². The number of hydrogen-bond acceptors (Lipinski definition) is 5. The van der Waals surface area contributed by atoms with Gasteiger partial charge in [-0.15, -0.1) is 0 Å². The molecule has 2 rings (SSSR count). The van der Waals surface area contributed by atoms with Crippen LogP contribution in [0.3, 0.4) is 0 Å². The molecule has 1 N–H and O–H groups in total. The quantitative estimate of drug-likeness (QED) is 0.690. The maximum absolute atomic E-state index is 13.7. The fraction of sp³-hybridized carbons (Fsp3) is 0.176. The zero-order chi connectivity index (χ0) is 20.4. The Morgan fingerprint density at radius 3 is 2.44 bits per heavy atom. The molecule has 0 fully saturated rings. The van der Waals surface area contributed by atoms with E-state index in [1.165, 1.54) is 12.1 Å². The van der Waals surface area contributed by atoms with Crippen molar-refractivity contribution >= 4 is 43.3 Å². The van der Waals surface area contributed by atoms with Gasteiger partial charge in [0.05, 0.1) is 16.1 Å². The molecule has 27 heavy (non-hydrogen) atoms. The van der Waals surface area contributed by atoms with E-state index in [4.69, 9.17) is 4.74 Å². The predicted octanol–water partition coefficient (Wildman–Crippen LogP) is 3.23. The number of halogens is 3. The van der Waals surface area contributed by atoms with Gasteiger partial charge in [0, 0.05) is 16.8 Å². The van der Waals surface area contributed by atoms with E-state index in [9.17, 15) is 26.8 Å². The van der Waals surface area contributed by atoms with Gasteiger partial charge in [0.25, 0.3) is 5.91 Å². The van der Waals surface area contributed by atoms with E-state index in [-0.39, 0.29) is 20.6 Å². The third-order valence-electron chi connectivity index (χ3n) is 3.46. The van der Waals surface area contributed by atoms with Crippen LogP contribution in [0, 0.1) is 18.6 Å². The zero-order valence-electron chi connectivity index (χ0n) is 14.2. The first-order valence-corrected chi connectivity index (χ1v) is 10.1. The molecule has 0 unspecified atom stereocenters. The molecule has 1 amide bonds. The highest BCUT2D eigenvalue weighted by molar-refractivity contribution is 9.10. The Morgan fingerprint density at radius 1 is 1.19 bits per heavy atom. The molecule has 2 aromatic rings. The van der Waals surface area contributed by atoms with Crippen molar-refractivity contribution in [3.63, 3.8) is 0 Å². The lowest BCUT2D eigenvalue weighted by Gasteiger charge is -2.11. The number of ether oxygens (including phenoxy) is 1. The van der Waals surface area contributed by atoms with E-state index >= 15 is 0 Å². The van der Waals surface area contributed by atoms with Gasteiger partial charge < -0.3 is 10.1 Å². The number of rotatable bonds is 5. The summed E-state index contributed by atoms with van der Waals surface area (Å²) >= 11 is 2.92. The smallest absolute Gasteiger partial charge is 0.338 e. The molecular weight excluding hydrogens is 448 g/mol. The number of carbonyl (C=O) groups excluding carboxylic acids is 2. The fourth-order valence-electron chi connectivity index (χ4n) is 2.10. The number of esters is 1. The summed E-state index contributed by atoms with van der Waals surface area (Å²) in [6.45, 7) is 0.832. The highest BCUT2D eigenvalue weighted by Crippen LogP contribution is 2.26. The summed E-state index contributed by atoms with van der Waals surface area (Å²) < 4.78 is 54.8. The van der Waals surface area contributed by atoms with Crippen molar-refractivity contribution in [1.29, 1.82) is 0 Å². The molecule has 0 saturated carbocycles. The average Bonchev–Trinajstić information content (AvgIpc) is 2.55. The fourth-order valence-corrected chi connectivity index (χ4v) is 3.25. The molecule has 144 valence electrons. The second-order valence-corrected chi connectivity index (χ2v) is 8.49. The van der Waals surface area contributed by atoms with E-state index < -0.39 is 40.0 Å².